The maximum Gasteiger partial charge on any atom is 0.157 e. The first kappa shape index (κ1) is 14.4. The first-order chi connectivity index (χ1) is 10.6. The number of pyridine rings is 1. The fraction of sp³-hybridized carbons (Fsp3) is 0.333. The number of rotatable bonds is 4. The molecule has 1 aromatic carbocycles. The molecule has 0 saturated heterocycles. The summed E-state index contributed by atoms with van der Waals surface area (Å²) in [5.74, 6) is 1.66. The SMILES string of the molecule is Cc1cc(NCCC(C)C)n2c(nc3ccccc32)c1C#N. The van der Waals surface area contributed by atoms with Crippen molar-refractivity contribution in [3.63, 3.8) is 0 Å². The Bertz CT molecular complexity index is 868. The van der Waals surface area contributed by atoms with Crippen molar-refractivity contribution in [1.82, 2.24) is 9.38 Å². The Kier molecular flexibility index (Phi) is 3.72. The predicted molar refractivity (Wildman–Crippen MR) is 90.1 cm³/mol. The minimum absolute atomic E-state index is 0.644. The van der Waals surface area contributed by atoms with E-state index in [0.29, 0.717) is 11.5 Å². The van der Waals surface area contributed by atoms with Gasteiger partial charge in [-0.2, -0.15) is 5.26 Å². The number of hydrogen-bond acceptors (Lipinski definition) is 3. The number of para-hydroxylation sites is 2. The van der Waals surface area contributed by atoms with E-state index < -0.39 is 0 Å². The number of nitriles is 1. The maximum absolute atomic E-state index is 9.46. The van der Waals surface area contributed by atoms with E-state index in [1.54, 1.807) is 0 Å². The molecule has 4 heteroatoms. The highest BCUT2D eigenvalue weighted by atomic mass is 15.1. The van der Waals surface area contributed by atoms with Gasteiger partial charge in [0, 0.05) is 6.54 Å². The lowest BCUT2D eigenvalue weighted by atomic mass is 10.1. The van der Waals surface area contributed by atoms with Gasteiger partial charge >= 0.3 is 0 Å². The number of imidazole rings is 1. The topological polar surface area (TPSA) is 53.1 Å². The Hall–Kier alpha value is -2.54. The number of aromatic nitrogens is 2. The first-order valence-corrected chi connectivity index (χ1v) is 7.66. The number of benzene rings is 1. The summed E-state index contributed by atoms with van der Waals surface area (Å²) in [5, 5.41) is 13.0. The first-order valence-electron chi connectivity index (χ1n) is 7.66. The van der Waals surface area contributed by atoms with Gasteiger partial charge in [0.15, 0.2) is 5.65 Å². The lowest BCUT2D eigenvalue weighted by Gasteiger charge is -2.13. The Balaban J connectivity index is 2.21. The third kappa shape index (κ3) is 2.39. The summed E-state index contributed by atoms with van der Waals surface area (Å²) < 4.78 is 2.06. The molecule has 0 aliphatic carbocycles. The average Bonchev–Trinajstić information content (AvgIpc) is 2.86. The van der Waals surface area contributed by atoms with E-state index in [1.165, 1.54) is 0 Å². The Labute approximate surface area is 130 Å². The third-order valence-electron chi connectivity index (χ3n) is 3.91. The molecule has 0 radical (unpaired) electrons. The number of fused-ring (bicyclic) bond motifs is 3. The van der Waals surface area contributed by atoms with Crippen molar-refractivity contribution in [1.29, 1.82) is 5.26 Å². The molecule has 3 aromatic rings. The number of anilines is 1. The molecular formula is C18H20N4. The second-order valence-corrected chi connectivity index (χ2v) is 6.07. The summed E-state index contributed by atoms with van der Waals surface area (Å²) in [4.78, 5) is 4.65. The molecule has 0 bridgehead atoms. The quantitative estimate of drug-likeness (QED) is 0.786. The summed E-state index contributed by atoms with van der Waals surface area (Å²) in [7, 11) is 0. The smallest absolute Gasteiger partial charge is 0.157 e. The highest BCUT2D eigenvalue weighted by Crippen LogP contribution is 2.26. The van der Waals surface area contributed by atoms with Gasteiger partial charge in [-0.05, 0) is 43.0 Å². The molecule has 2 aromatic heterocycles. The average molecular weight is 292 g/mol. The Morgan fingerprint density at radius 1 is 1.32 bits per heavy atom. The second-order valence-electron chi connectivity index (χ2n) is 6.07. The number of hydrogen-bond donors (Lipinski definition) is 1. The van der Waals surface area contributed by atoms with Gasteiger partial charge in [0.1, 0.15) is 11.9 Å². The van der Waals surface area contributed by atoms with Crippen LogP contribution >= 0.6 is 0 Å². The molecule has 2 heterocycles. The molecule has 22 heavy (non-hydrogen) atoms. The van der Waals surface area contributed by atoms with Gasteiger partial charge in [-0.15, -0.1) is 0 Å². The standard InChI is InChI=1S/C18H20N4/c1-12(2)8-9-20-17-10-13(3)14(11-19)18-21-15-6-4-5-7-16(15)22(17)18/h4-7,10,12,20H,8-9H2,1-3H3. The van der Waals surface area contributed by atoms with Crippen LogP contribution in [-0.2, 0) is 0 Å². The van der Waals surface area contributed by atoms with Crippen LogP contribution in [0, 0.1) is 24.2 Å². The van der Waals surface area contributed by atoms with Crippen molar-refractivity contribution < 1.29 is 0 Å². The zero-order valence-corrected chi connectivity index (χ0v) is 13.2. The molecular weight excluding hydrogens is 272 g/mol. The molecule has 0 spiro atoms. The van der Waals surface area contributed by atoms with E-state index >= 15 is 0 Å². The lowest BCUT2D eigenvalue weighted by molar-refractivity contribution is 0.606. The Morgan fingerprint density at radius 2 is 2.09 bits per heavy atom. The van der Waals surface area contributed by atoms with Gasteiger partial charge in [-0.1, -0.05) is 26.0 Å². The number of nitrogens with zero attached hydrogens (tertiary/aromatic N) is 3. The van der Waals surface area contributed by atoms with E-state index in [2.05, 4.69) is 34.6 Å². The van der Waals surface area contributed by atoms with Crippen molar-refractivity contribution in [2.24, 2.45) is 5.92 Å². The molecule has 0 fully saturated rings. The predicted octanol–water partition coefficient (Wildman–Crippen LogP) is 4.13. The largest absolute Gasteiger partial charge is 0.371 e. The van der Waals surface area contributed by atoms with Crippen LogP contribution in [0.5, 0.6) is 0 Å². The molecule has 0 amide bonds. The van der Waals surface area contributed by atoms with E-state index in [1.807, 2.05) is 37.3 Å². The molecule has 0 saturated carbocycles. The monoisotopic (exact) mass is 292 g/mol. The fourth-order valence-electron chi connectivity index (χ4n) is 2.71. The van der Waals surface area contributed by atoms with Crippen LogP contribution in [0.4, 0.5) is 5.82 Å². The molecule has 0 aliphatic heterocycles. The normalized spacial score (nSPS) is 11.2. The molecule has 3 rings (SSSR count). The molecule has 4 nitrogen and oxygen atoms in total. The Morgan fingerprint density at radius 3 is 2.82 bits per heavy atom. The molecule has 1 N–H and O–H groups in total. The minimum Gasteiger partial charge on any atom is -0.371 e. The lowest BCUT2D eigenvalue weighted by Crippen LogP contribution is -2.09. The van der Waals surface area contributed by atoms with Gasteiger partial charge in [0.2, 0.25) is 0 Å². The van der Waals surface area contributed by atoms with Gasteiger partial charge in [0.05, 0.1) is 16.6 Å². The van der Waals surface area contributed by atoms with E-state index in [0.717, 1.165) is 41.0 Å². The molecule has 0 aliphatic rings. The number of nitrogens with one attached hydrogen (secondary N) is 1. The zero-order valence-electron chi connectivity index (χ0n) is 13.2. The summed E-state index contributed by atoms with van der Waals surface area (Å²) >= 11 is 0. The number of aryl methyl sites for hydroxylation is 1. The van der Waals surface area contributed by atoms with Crippen LogP contribution < -0.4 is 5.32 Å². The summed E-state index contributed by atoms with van der Waals surface area (Å²) in [6.07, 6.45) is 1.10. The van der Waals surface area contributed by atoms with E-state index in [4.69, 9.17) is 0 Å². The van der Waals surface area contributed by atoms with Crippen LogP contribution in [0.2, 0.25) is 0 Å². The van der Waals surface area contributed by atoms with Crippen molar-refractivity contribution in [2.75, 3.05) is 11.9 Å². The van der Waals surface area contributed by atoms with Crippen molar-refractivity contribution in [3.8, 4) is 6.07 Å². The molecule has 112 valence electrons. The van der Waals surface area contributed by atoms with Crippen LogP contribution in [-0.4, -0.2) is 15.9 Å². The minimum atomic E-state index is 0.644. The van der Waals surface area contributed by atoms with Crippen LogP contribution in [0.25, 0.3) is 16.7 Å². The van der Waals surface area contributed by atoms with E-state index in [-0.39, 0.29) is 0 Å². The zero-order chi connectivity index (χ0) is 15.7. The maximum atomic E-state index is 9.46. The summed E-state index contributed by atoms with van der Waals surface area (Å²) in [6.45, 7) is 7.30. The van der Waals surface area contributed by atoms with Gasteiger partial charge in [-0.25, -0.2) is 4.98 Å². The molecule has 0 atom stereocenters. The van der Waals surface area contributed by atoms with Crippen molar-refractivity contribution in [3.05, 3.63) is 41.5 Å². The van der Waals surface area contributed by atoms with Crippen molar-refractivity contribution >= 4 is 22.5 Å². The van der Waals surface area contributed by atoms with Gasteiger partial charge in [0.25, 0.3) is 0 Å². The van der Waals surface area contributed by atoms with E-state index in [9.17, 15) is 5.26 Å². The van der Waals surface area contributed by atoms with Crippen LogP contribution in [0.3, 0.4) is 0 Å². The fourth-order valence-corrected chi connectivity index (χ4v) is 2.71. The highest BCUT2D eigenvalue weighted by Gasteiger charge is 2.14. The van der Waals surface area contributed by atoms with Crippen molar-refractivity contribution in [2.45, 2.75) is 27.2 Å². The summed E-state index contributed by atoms with van der Waals surface area (Å²) in [6, 6.07) is 12.3. The molecule has 0 unspecified atom stereocenters. The van der Waals surface area contributed by atoms with Gasteiger partial charge < -0.3 is 5.32 Å². The van der Waals surface area contributed by atoms with Gasteiger partial charge in [-0.3, -0.25) is 4.40 Å². The van der Waals surface area contributed by atoms with Crippen LogP contribution in [0.1, 0.15) is 31.4 Å². The highest BCUT2D eigenvalue weighted by molar-refractivity contribution is 5.85. The second kappa shape index (κ2) is 5.69. The third-order valence-corrected chi connectivity index (χ3v) is 3.91. The van der Waals surface area contributed by atoms with Crippen LogP contribution in [0.15, 0.2) is 30.3 Å². The summed E-state index contributed by atoms with van der Waals surface area (Å²) in [5.41, 5.74) is 4.27.